The van der Waals surface area contributed by atoms with E-state index < -0.39 is 11.4 Å². The molecule has 0 heterocycles. The standard InChI is InChI=1S/C10H16O4.C10H18O2/c1-5-8(11)14-7-6-10(2,3)9(12)13-4;1-5-9(11)7-12-8-10(3,4)6-2/h5H,1,6-7H2,2-4H3;5H,1,6-8H2,2-4H3. The van der Waals surface area contributed by atoms with Gasteiger partial charge in [0.1, 0.15) is 6.61 Å². The van der Waals surface area contributed by atoms with Crippen molar-refractivity contribution in [1.29, 1.82) is 0 Å². The minimum atomic E-state index is -0.629. The average Bonchev–Trinajstić information content (AvgIpc) is 2.60. The first kappa shape index (κ1) is 26.3. The lowest BCUT2D eigenvalue weighted by Crippen LogP contribution is -2.27. The van der Waals surface area contributed by atoms with Crippen LogP contribution in [-0.4, -0.2) is 44.7 Å². The van der Waals surface area contributed by atoms with Gasteiger partial charge >= 0.3 is 11.9 Å². The van der Waals surface area contributed by atoms with Gasteiger partial charge in [-0.05, 0) is 38.2 Å². The maximum absolute atomic E-state index is 11.2. The third-order valence-electron chi connectivity index (χ3n) is 3.80. The Labute approximate surface area is 157 Å². The number of hydrogen-bond acceptors (Lipinski definition) is 6. The van der Waals surface area contributed by atoms with Crippen molar-refractivity contribution in [2.75, 3.05) is 26.9 Å². The largest absolute Gasteiger partial charge is 0.469 e. The Morgan fingerprint density at radius 2 is 1.62 bits per heavy atom. The van der Waals surface area contributed by atoms with Gasteiger partial charge in [0, 0.05) is 6.08 Å². The van der Waals surface area contributed by atoms with E-state index in [0.29, 0.717) is 13.0 Å². The van der Waals surface area contributed by atoms with Crippen molar-refractivity contribution in [2.45, 2.75) is 47.5 Å². The number of ketones is 1. The van der Waals surface area contributed by atoms with E-state index in [4.69, 9.17) is 9.47 Å². The van der Waals surface area contributed by atoms with Crippen molar-refractivity contribution in [3.63, 3.8) is 0 Å². The van der Waals surface area contributed by atoms with Crippen LogP contribution in [0.25, 0.3) is 0 Å². The molecule has 0 aromatic heterocycles. The van der Waals surface area contributed by atoms with Crippen LogP contribution in [0.15, 0.2) is 25.3 Å². The second-order valence-corrected chi connectivity index (χ2v) is 7.18. The Morgan fingerprint density at radius 3 is 2.04 bits per heavy atom. The van der Waals surface area contributed by atoms with Crippen molar-refractivity contribution in [3.05, 3.63) is 25.3 Å². The van der Waals surface area contributed by atoms with E-state index in [-0.39, 0.29) is 30.4 Å². The summed E-state index contributed by atoms with van der Waals surface area (Å²) < 4.78 is 14.6. The van der Waals surface area contributed by atoms with E-state index in [1.54, 1.807) is 13.8 Å². The van der Waals surface area contributed by atoms with E-state index in [1.165, 1.54) is 13.2 Å². The fourth-order valence-corrected chi connectivity index (χ4v) is 1.43. The highest BCUT2D eigenvalue weighted by atomic mass is 16.5. The molecule has 150 valence electrons. The van der Waals surface area contributed by atoms with Gasteiger partial charge in [-0.3, -0.25) is 9.59 Å². The maximum atomic E-state index is 11.2. The summed E-state index contributed by atoms with van der Waals surface area (Å²) in [7, 11) is 1.33. The van der Waals surface area contributed by atoms with Crippen LogP contribution in [-0.2, 0) is 28.6 Å². The molecule has 0 amide bonds. The summed E-state index contributed by atoms with van der Waals surface area (Å²) in [5.74, 6) is -0.847. The molecule has 0 spiro atoms. The van der Waals surface area contributed by atoms with Crippen LogP contribution in [0.2, 0.25) is 0 Å². The molecule has 0 aliphatic heterocycles. The van der Waals surface area contributed by atoms with Gasteiger partial charge < -0.3 is 14.2 Å². The van der Waals surface area contributed by atoms with Gasteiger partial charge in [0.05, 0.1) is 25.7 Å². The molecule has 0 radical (unpaired) electrons. The van der Waals surface area contributed by atoms with Crippen molar-refractivity contribution in [1.82, 2.24) is 0 Å². The minimum absolute atomic E-state index is 0.0538. The molecule has 0 N–H and O–H groups in total. The van der Waals surface area contributed by atoms with E-state index in [0.717, 1.165) is 12.5 Å². The van der Waals surface area contributed by atoms with Crippen LogP contribution in [0.5, 0.6) is 0 Å². The molecule has 0 aliphatic carbocycles. The van der Waals surface area contributed by atoms with Crippen molar-refractivity contribution in [3.8, 4) is 0 Å². The van der Waals surface area contributed by atoms with Gasteiger partial charge in [-0.15, -0.1) is 0 Å². The molecule has 0 fully saturated rings. The van der Waals surface area contributed by atoms with E-state index in [2.05, 4.69) is 38.7 Å². The van der Waals surface area contributed by atoms with Gasteiger partial charge in [0.2, 0.25) is 0 Å². The number of esters is 2. The summed E-state index contributed by atoms with van der Waals surface area (Å²) in [6, 6.07) is 0. The quantitative estimate of drug-likeness (QED) is 0.409. The zero-order valence-corrected chi connectivity index (χ0v) is 17.1. The van der Waals surface area contributed by atoms with Crippen LogP contribution < -0.4 is 0 Å². The number of methoxy groups -OCH3 is 1. The SMILES string of the molecule is C=CC(=O)COCC(C)(C)CC.C=CC(=O)OCCC(C)(C)C(=O)OC. The van der Waals surface area contributed by atoms with Crippen LogP contribution in [0.3, 0.4) is 0 Å². The van der Waals surface area contributed by atoms with Crippen molar-refractivity contribution >= 4 is 17.7 Å². The van der Waals surface area contributed by atoms with Gasteiger partial charge in [-0.25, -0.2) is 4.79 Å². The number of carbonyl (C=O) groups is 3. The van der Waals surface area contributed by atoms with E-state index in [9.17, 15) is 14.4 Å². The third kappa shape index (κ3) is 13.4. The van der Waals surface area contributed by atoms with Crippen LogP contribution in [0, 0.1) is 10.8 Å². The number of carbonyl (C=O) groups excluding carboxylic acids is 3. The Hall–Kier alpha value is -1.95. The smallest absolute Gasteiger partial charge is 0.330 e. The Balaban J connectivity index is 0. The fourth-order valence-electron chi connectivity index (χ4n) is 1.43. The van der Waals surface area contributed by atoms with Crippen molar-refractivity contribution in [2.24, 2.45) is 10.8 Å². The summed E-state index contributed by atoms with van der Waals surface area (Å²) >= 11 is 0. The number of rotatable bonds is 11. The molecule has 0 aromatic rings. The highest BCUT2D eigenvalue weighted by Crippen LogP contribution is 2.21. The van der Waals surface area contributed by atoms with Crippen molar-refractivity contribution < 1.29 is 28.6 Å². The lowest BCUT2D eigenvalue weighted by Gasteiger charge is -2.21. The van der Waals surface area contributed by atoms with Gasteiger partial charge in [0.15, 0.2) is 5.78 Å². The summed E-state index contributed by atoms with van der Waals surface area (Å²) in [6.45, 7) is 17.4. The molecular weight excluding hydrogens is 336 g/mol. The van der Waals surface area contributed by atoms with Gasteiger partial charge in [-0.2, -0.15) is 0 Å². The van der Waals surface area contributed by atoms with Gasteiger partial charge in [-0.1, -0.05) is 33.9 Å². The summed E-state index contributed by atoms with van der Waals surface area (Å²) in [5, 5.41) is 0. The molecule has 0 saturated carbocycles. The minimum Gasteiger partial charge on any atom is -0.469 e. The highest BCUT2D eigenvalue weighted by molar-refractivity contribution is 5.90. The molecule has 26 heavy (non-hydrogen) atoms. The normalized spacial score (nSPS) is 10.8. The molecule has 0 rings (SSSR count). The van der Waals surface area contributed by atoms with Gasteiger partial charge in [0.25, 0.3) is 0 Å². The second-order valence-electron chi connectivity index (χ2n) is 7.18. The summed E-state index contributed by atoms with van der Waals surface area (Å²) in [4.78, 5) is 32.6. The molecular formula is C20H34O6. The fraction of sp³-hybridized carbons (Fsp3) is 0.650. The maximum Gasteiger partial charge on any atom is 0.330 e. The Bertz CT molecular complexity index is 477. The van der Waals surface area contributed by atoms with E-state index >= 15 is 0 Å². The Morgan fingerprint density at radius 1 is 1.04 bits per heavy atom. The van der Waals surface area contributed by atoms with E-state index in [1.807, 2.05) is 0 Å². The zero-order valence-electron chi connectivity index (χ0n) is 17.1. The van der Waals surface area contributed by atoms with Crippen LogP contribution in [0.4, 0.5) is 0 Å². The lowest BCUT2D eigenvalue weighted by molar-refractivity contribution is -0.153. The Kier molecular flexibility index (Phi) is 13.4. The van der Waals surface area contributed by atoms with Crippen LogP contribution in [0.1, 0.15) is 47.5 Å². The number of hydrogen-bond donors (Lipinski definition) is 0. The first-order chi connectivity index (χ1) is 12.0. The summed E-state index contributed by atoms with van der Waals surface area (Å²) in [5.41, 5.74) is -0.461. The predicted octanol–water partition coefficient (Wildman–Crippen LogP) is 3.50. The molecule has 0 aliphatic rings. The monoisotopic (exact) mass is 370 g/mol. The molecule has 6 nitrogen and oxygen atoms in total. The summed E-state index contributed by atoms with van der Waals surface area (Å²) in [6.07, 6.45) is 3.86. The number of ether oxygens (including phenoxy) is 3. The molecule has 0 saturated heterocycles. The zero-order chi connectivity index (χ0) is 20.8. The highest BCUT2D eigenvalue weighted by Gasteiger charge is 2.28. The van der Waals surface area contributed by atoms with Crippen LogP contribution >= 0.6 is 0 Å². The lowest BCUT2D eigenvalue weighted by atomic mass is 9.90. The molecule has 0 unspecified atom stereocenters. The second kappa shape index (κ2) is 13.3. The molecule has 6 heteroatoms. The third-order valence-corrected chi connectivity index (χ3v) is 3.80. The first-order valence-electron chi connectivity index (χ1n) is 8.56. The molecule has 0 atom stereocenters. The molecule has 0 bridgehead atoms. The first-order valence-corrected chi connectivity index (χ1v) is 8.56. The molecule has 0 aromatic carbocycles. The topological polar surface area (TPSA) is 78.9 Å². The predicted molar refractivity (Wildman–Crippen MR) is 102 cm³/mol. The average molecular weight is 370 g/mol.